The number of nitrogens with one attached hydrogen (secondary N) is 1. The summed E-state index contributed by atoms with van der Waals surface area (Å²) in [5, 5.41) is 12.0. The molecule has 2 unspecified atom stereocenters. The molecule has 1 rings (SSSR count). The molecule has 0 aromatic heterocycles. The van der Waals surface area contributed by atoms with Gasteiger partial charge >= 0.3 is 0 Å². The maximum atomic E-state index is 8.67. The Morgan fingerprint density at radius 3 is 3.09 bits per heavy atom. The molecule has 0 saturated carbocycles. The summed E-state index contributed by atoms with van der Waals surface area (Å²) in [6, 6.07) is 2.91. The van der Waals surface area contributed by atoms with Crippen LogP contribution in [0, 0.1) is 11.3 Å². The third-order valence-corrected chi connectivity index (χ3v) is 3.09. The second-order valence-corrected chi connectivity index (χ2v) is 3.97. The Balaban J connectivity index is 2.23. The first-order chi connectivity index (χ1) is 5.36. The molecule has 3 heteroatoms. The molecule has 2 nitrogen and oxygen atoms in total. The minimum atomic E-state index is 0.0682. The third kappa shape index (κ3) is 2.72. The largest absolute Gasteiger partial charge is 0.298 e. The van der Waals surface area contributed by atoms with Gasteiger partial charge in [0, 0.05) is 11.8 Å². The molecule has 1 aliphatic heterocycles. The molecule has 0 spiro atoms. The van der Waals surface area contributed by atoms with E-state index in [9.17, 15) is 0 Å². The van der Waals surface area contributed by atoms with Crippen LogP contribution in [0.3, 0.4) is 0 Å². The Labute approximate surface area is 72.4 Å². The van der Waals surface area contributed by atoms with Crippen LogP contribution < -0.4 is 5.32 Å². The van der Waals surface area contributed by atoms with Gasteiger partial charge in [-0.2, -0.15) is 17.0 Å². The zero-order valence-electron chi connectivity index (χ0n) is 6.84. The molecule has 1 saturated heterocycles. The molecule has 0 bridgehead atoms. The molecule has 1 N–H and O–H groups in total. The van der Waals surface area contributed by atoms with Gasteiger partial charge in [-0.1, -0.05) is 6.92 Å². The van der Waals surface area contributed by atoms with E-state index in [1.807, 2.05) is 18.7 Å². The summed E-state index contributed by atoms with van der Waals surface area (Å²) in [5.74, 6) is 2.43. The summed E-state index contributed by atoms with van der Waals surface area (Å²) in [4.78, 5) is 0. The fraction of sp³-hybridized carbons (Fsp3) is 0.875. The van der Waals surface area contributed by atoms with Crippen LogP contribution in [0.15, 0.2) is 0 Å². The average molecular weight is 170 g/mol. The Morgan fingerprint density at radius 2 is 2.64 bits per heavy atom. The van der Waals surface area contributed by atoms with Crippen molar-refractivity contribution < 1.29 is 0 Å². The van der Waals surface area contributed by atoms with Gasteiger partial charge in [-0.3, -0.25) is 5.32 Å². The predicted octanol–water partition coefficient (Wildman–Crippen LogP) is 1.38. The second kappa shape index (κ2) is 4.63. The number of hydrogen-bond acceptors (Lipinski definition) is 3. The van der Waals surface area contributed by atoms with Crippen molar-refractivity contribution >= 4 is 11.8 Å². The Hall–Kier alpha value is -0.200. The summed E-state index contributed by atoms with van der Waals surface area (Å²) < 4.78 is 0. The Bertz CT molecular complexity index is 147. The van der Waals surface area contributed by atoms with Gasteiger partial charge in [-0.05, 0) is 18.6 Å². The summed E-state index contributed by atoms with van der Waals surface area (Å²) in [7, 11) is 0. The molecule has 62 valence electrons. The topological polar surface area (TPSA) is 35.8 Å². The van der Waals surface area contributed by atoms with E-state index in [0.29, 0.717) is 6.04 Å². The van der Waals surface area contributed by atoms with E-state index < -0.39 is 0 Å². The minimum Gasteiger partial charge on any atom is -0.298 e. The monoisotopic (exact) mass is 170 g/mol. The van der Waals surface area contributed by atoms with Crippen LogP contribution in [0.1, 0.15) is 19.8 Å². The van der Waals surface area contributed by atoms with E-state index in [1.165, 1.54) is 17.9 Å². The summed E-state index contributed by atoms with van der Waals surface area (Å²) in [6.07, 6.45) is 2.14. The zero-order chi connectivity index (χ0) is 8.10. The molecule has 1 heterocycles. The van der Waals surface area contributed by atoms with E-state index in [1.54, 1.807) is 0 Å². The lowest BCUT2D eigenvalue weighted by Gasteiger charge is -2.14. The second-order valence-electron chi connectivity index (χ2n) is 2.82. The molecule has 1 aliphatic rings. The molecular weight excluding hydrogens is 156 g/mol. The SMILES string of the molecule is CCC(C#N)NC1CCSC1. The fourth-order valence-corrected chi connectivity index (χ4v) is 2.36. The van der Waals surface area contributed by atoms with Gasteiger partial charge in [-0.15, -0.1) is 0 Å². The van der Waals surface area contributed by atoms with Gasteiger partial charge in [0.15, 0.2) is 0 Å². The lowest BCUT2D eigenvalue weighted by atomic mass is 10.2. The highest BCUT2D eigenvalue weighted by molar-refractivity contribution is 7.99. The van der Waals surface area contributed by atoms with Crippen LogP contribution in [0.5, 0.6) is 0 Å². The van der Waals surface area contributed by atoms with Crippen molar-refractivity contribution in [3.63, 3.8) is 0 Å². The van der Waals surface area contributed by atoms with Crippen molar-refractivity contribution in [3.05, 3.63) is 0 Å². The van der Waals surface area contributed by atoms with Crippen molar-refractivity contribution in [2.45, 2.75) is 31.8 Å². The van der Waals surface area contributed by atoms with Gasteiger partial charge in [0.2, 0.25) is 0 Å². The normalized spacial score (nSPS) is 26.4. The van der Waals surface area contributed by atoms with Gasteiger partial charge in [0.1, 0.15) is 0 Å². The molecule has 0 aromatic carbocycles. The van der Waals surface area contributed by atoms with Gasteiger partial charge in [0.05, 0.1) is 12.1 Å². The zero-order valence-corrected chi connectivity index (χ0v) is 7.66. The standard InChI is InChI=1S/C8H14N2S/c1-2-7(5-9)10-8-3-4-11-6-8/h7-8,10H,2-4,6H2,1H3. The van der Waals surface area contributed by atoms with Crippen LogP contribution >= 0.6 is 11.8 Å². The van der Waals surface area contributed by atoms with Gasteiger partial charge < -0.3 is 0 Å². The highest BCUT2D eigenvalue weighted by atomic mass is 32.2. The van der Waals surface area contributed by atoms with E-state index >= 15 is 0 Å². The molecule has 1 fully saturated rings. The van der Waals surface area contributed by atoms with E-state index in [2.05, 4.69) is 11.4 Å². The summed E-state index contributed by atoms with van der Waals surface area (Å²) in [6.45, 7) is 2.04. The summed E-state index contributed by atoms with van der Waals surface area (Å²) in [5.41, 5.74) is 0. The molecule has 2 atom stereocenters. The Morgan fingerprint density at radius 1 is 1.82 bits per heavy atom. The van der Waals surface area contributed by atoms with Crippen LogP contribution in [-0.4, -0.2) is 23.6 Å². The van der Waals surface area contributed by atoms with Crippen LogP contribution in [0.4, 0.5) is 0 Å². The average Bonchev–Trinajstić information content (AvgIpc) is 2.52. The van der Waals surface area contributed by atoms with Gasteiger partial charge in [-0.25, -0.2) is 0 Å². The Kier molecular flexibility index (Phi) is 3.74. The summed E-state index contributed by atoms with van der Waals surface area (Å²) >= 11 is 1.97. The fourth-order valence-electron chi connectivity index (χ4n) is 1.20. The molecule has 0 aliphatic carbocycles. The van der Waals surface area contributed by atoms with E-state index in [4.69, 9.17) is 5.26 Å². The van der Waals surface area contributed by atoms with Crippen LogP contribution in [0.2, 0.25) is 0 Å². The third-order valence-electron chi connectivity index (χ3n) is 1.93. The molecule has 0 amide bonds. The number of rotatable bonds is 3. The maximum Gasteiger partial charge on any atom is 0.0952 e. The number of nitrogens with zero attached hydrogens (tertiary/aromatic N) is 1. The number of thioether (sulfide) groups is 1. The van der Waals surface area contributed by atoms with Crippen molar-refractivity contribution in [2.24, 2.45) is 0 Å². The highest BCUT2D eigenvalue weighted by Crippen LogP contribution is 2.17. The highest BCUT2D eigenvalue weighted by Gasteiger charge is 2.17. The lowest BCUT2D eigenvalue weighted by molar-refractivity contribution is 0.499. The first-order valence-electron chi connectivity index (χ1n) is 4.10. The van der Waals surface area contributed by atoms with E-state index in [-0.39, 0.29) is 6.04 Å². The number of nitriles is 1. The van der Waals surface area contributed by atoms with Crippen LogP contribution in [0.25, 0.3) is 0 Å². The molecule has 0 aromatic rings. The van der Waals surface area contributed by atoms with Crippen molar-refractivity contribution in [3.8, 4) is 6.07 Å². The first-order valence-corrected chi connectivity index (χ1v) is 5.25. The van der Waals surface area contributed by atoms with Crippen molar-refractivity contribution in [2.75, 3.05) is 11.5 Å². The quantitative estimate of drug-likeness (QED) is 0.695. The first kappa shape index (κ1) is 8.89. The van der Waals surface area contributed by atoms with Crippen molar-refractivity contribution in [1.29, 1.82) is 5.26 Å². The van der Waals surface area contributed by atoms with E-state index in [0.717, 1.165) is 6.42 Å². The molecular formula is C8H14N2S. The van der Waals surface area contributed by atoms with Crippen LogP contribution in [-0.2, 0) is 0 Å². The molecule has 0 radical (unpaired) electrons. The smallest absolute Gasteiger partial charge is 0.0952 e. The minimum absolute atomic E-state index is 0.0682. The predicted molar refractivity (Wildman–Crippen MR) is 48.6 cm³/mol. The van der Waals surface area contributed by atoms with Gasteiger partial charge in [0.25, 0.3) is 0 Å². The number of hydrogen-bond donors (Lipinski definition) is 1. The van der Waals surface area contributed by atoms with Crippen molar-refractivity contribution in [1.82, 2.24) is 5.32 Å². The molecule has 11 heavy (non-hydrogen) atoms. The maximum absolute atomic E-state index is 8.67. The lowest BCUT2D eigenvalue weighted by Crippen LogP contribution is -2.36.